The van der Waals surface area contributed by atoms with Crippen LogP contribution in [0.25, 0.3) is 0 Å². The molecule has 0 aliphatic rings. The minimum atomic E-state index is -0.288. The Morgan fingerprint density at radius 2 is 2.38 bits per heavy atom. The van der Waals surface area contributed by atoms with Gasteiger partial charge in [0, 0.05) is 24.8 Å². The molecule has 16 heavy (non-hydrogen) atoms. The number of anilines is 1. The molecular formula is C11H8N4O. The maximum atomic E-state index is 11.7. The summed E-state index contributed by atoms with van der Waals surface area (Å²) in [5.41, 5.74) is 1.40. The monoisotopic (exact) mass is 212 g/mol. The van der Waals surface area contributed by atoms with Crippen LogP contribution in [0.2, 0.25) is 0 Å². The van der Waals surface area contributed by atoms with E-state index in [1.807, 2.05) is 6.07 Å². The van der Waals surface area contributed by atoms with E-state index in [1.54, 1.807) is 18.5 Å². The summed E-state index contributed by atoms with van der Waals surface area (Å²) in [6, 6.07) is 5.16. The van der Waals surface area contributed by atoms with E-state index in [0.29, 0.717) is 16.8 Å². The van der Waals surface area contributed by atoms with E-state index >= 15 is 0 Å². The SMILES string of the molecule is N#Cc1cncc(C(=O)Nc2cc[nH]c2)c1. The number of H-pyrrole nitrogens is 1. The molecule has 0 spiro atoms. The molecule has 5 nitrogen and oxygen atoms in total. The second kappa shape index (κ2) is 4.28. The van der Waals surface area contributed by atoms with Gasteiger partial charge in [-0.15, -0.1) is 0 Å². The van der Waals surface area contributed by atoms with Gasteiger partial charge in [-0.05, 0) is 12.1 Å². The molecule has 0 saturated carbocycles. The van der Waals surface area contributed by atoms with E-state index in [9.17, 15) is 4.79 Å². The topological polar surface area (TPSA) is 81.6 Å². The Balaban J connectivity index is 2.18. The van der Waals surface area contributed by atoms with Crippen molar-refractivity contribution in [1.82, 2.24) is 9.97 Å². The molecule has 2 aromatic heterocycles. The Labute approximate surface area is 91.8 Å². The van der Waals surface area contributed by atoms with Gasteiger partial charge in [0.05, 0.1) is 16.8 Å². The number of hydrogen-bond donors (Lipinski definition) is 2. The van der Waals surface area contributed by atoms with Gasteiger partial charge >= 0.3 is 0 Å². The van der Waals surface area contributed by atoms with Gasteiger partial charge in [-0.2, -0.15) is 5.26 Å². The standard InChI is InChI=1S/C11H8N4O/c12-4-8-3-9(6-14-5-8)11(16)15-10-1-2-13-7-10/h1-3,5-7,13H,(H,15,16). The average Bonchev–Trinajstić information content (AvgIpc) is 2.82. The van der Waals surface area contributed by atoms with Crippen molar-refractivity contribution in [2.45, 2.75) is 0 Å². The van der Waals surface area contributed by atoms with E-state index in [1.165, 1.54) is 18.5 Å². The van der Waals surface area contributed by atoms with Crippen molar-refractivity contribution >= 4 is 11.6 Å². The summed E-state index contributed by atoms with van der Waals surface area (Å²) in [7, 11) is 0. The molecule has 2 aromatic rings. The number of carbonyl (C=O) groups excluding carboxylic acids is 1. The zero-order valence-electron chi connectivity index (χ0n) is 8.27. The smallest absolute Gasteiger partial charge is 0.257 e. The van der Waals surface area contributed by atoms with Crippen molar-refractivity contribution in [3.63, 3.8) is 0 Å². The zero-order valence-corrected chi connectivity index (χ0v) is 8.27. The van der Waals surface area contributed by atoms with Crippen molar-refractivity contribution in [2.75, 3.05) is 5.32 Å². The number of hydrogen-bond acceptors (Lipinski definition) is 3. The highest BCUT2D eigenvalue weighted by Gasteiger charge is 2.07. The van der Waals surface area contributed by atoms with Crippen LogP contribution in [0.3, 0.4) is 0 Å². The Morgan fingerprint density at radius 3 is 3.06 bits per heavy atom. The summed E-state index contributed by atoms with van der Waals surface area (Å²) in [6.45, 7) is 0. The number of rotatable bonds is 2. The first-order valence-electron chi connectivity index (χ1n) is 4.59. The highest BCUT2D eigenvalue weighted by molar-refractivity contribution is 6.04. The summed E-state index contributed by atoms with van der Waals surface area (Å²) >= 11 is 0. The Bertz CT molecular complexity index is 539. The second-order valence-electron chi connectivity index (χ2n) is 3.13. The van der Waals surface area contributed by atoms with Crippen LogP contribution in [0.15, 0.2) is 36.9 Å². The first-order chi connectivity index (χ1) is 7.79. The minimum absolute atomic E-state index is 0.288. The molecule has 0 aliphatic carbocycles. The van der Waals surface area contributed by atoms with Crippen LogP contribution in [-0.4, -0.2) is 15.9 Å². The summed E-state index contributed by atoms with van der Waals surface area (Å²) in [6.07, 6.45) is 6.20. The quantitative estimate of drug-likeness (QED) is 0.792. The van der Waals surface area contributed by atoms with Crippen LogP contribution in [0.5, 0.6) is 0 Å². The van der Waals surface area contributed by atoms with E-state index in [0.717, 1.165) is 0 Å². The molecule has 0 radical (unpaired) electrons. The van der Waals surface area contributed by atoms with Crippen molar-refractivity contribution in [3.8, 4) is 6.07 Å². The molecule has 2 rings (SSSR count). The molecule has 0 bridgehead atoms. The van der Waals surface area contributed by atoms with Crippen LogP contribution < -0.4 is 5.32 Å². The molecule has 0 saturated heterocycles. The van der Waals surface area contributed by atoms with Gasteiger partial charge in [0.15, 0.2) is 0 Å². The summed E-state index contributed by atoms with van der Waals surface area (Å²) in [5.74, 6) is -0.288. The van der Waals surface area contributed by atoms with E-state index in [2.05, 4.69) is 15.3 Å². The number of aromatic amines is 1. The van der Waals surface area contributed by atoms with E-state index in [-0.39, 0.29) is 5.91 Å². The number of nitriles is 1. The lowest BCUT2D eigenvalue weighted by Gasteiger charge is -2.01. The van der Waals surface area contributed by atoms with Gasteiger partial charge in [0.25, 0.3) is 5.91 Å². The molecule has 0 atom stereocenters. The first-order valence-corrected chi connectivity index (χ1v) is 4.59. The summed E-state index contributed by atoms with van der Waals surface area (Å²) < 4.78 is 0. The van der Waals surface area contributed by atoms with Crippen molar-refractivity contribution in [3.05, 3.63) is 48.0 Å². The predicted octanol–water partition coefficient (Wildman–Crippen LogP) is 1.53. The number of carbonyl (C=O) groups is 1. The van der Waals surface area contributed by atoms with Gasteiger partial charge < -0.3 is 10.3 Å². The summed E-state index contributed by atoms with van der Waals surface area (Å²) in [5, 5.41) is 11.3. The number of nitrogens with zero attached hydrogens (tertiary/aromatic N) is 2. The highest BCUT2D eigenvalue weighted by Crippen LogP contribution is 2.08. The normalized spacial score (nSPS) is 9.44. The first kappa shape index (κ1) is 9.93. The lowest BCUT2D eigenvalue weighted by molar-refractivity contribution is 0.102. The number of nitrogens with one attached hydrogen (secondary N) is 2. The fourth-order valence-electron chi connectivity index (χ4n) is 1.23. The molecule has 0 aromatic carbocycles. The molecule has 5 heteroatoms. The van der Waals surface area contributed by atoms with Gasteiger partial charge in [-0.1, -0.05) is 0 Å². The van der Waals surface area contributed by atoms with Crippen LogP contribution in [0, 0.1) is 11.3 Å². The number of pyridine rings is 1. The lowest BCUT2D eigenvalue weighted by Crippen LogP contribution is -2.11. The molecule has 2 heterocycles. The molecule has 2 N–H and O–H groups in total. The van der Waals surface area contributed by atoms with Crippen molar-refractivity contribution in [2.24, 2.45) is 0 Å². The fraction of sp³-hybridized carbons (Fsp3) is 0. The van der Waals surface area contributed by atoms with E-state index < -0.39 is 0 Å². The lowest BCUT2D eigenvalue weighted by atomic mass is 10.2. The third kappa shape index (κ3) is 2.07. The Kier molecular flexibility index (Phi) is 2.65. The van der Waals surface area contributed by atoms with Crippen LogP contribution >= 0.6 is 0 Å². The maximum Gasteiger partial charge on any atom is 0.257 e. The van der Waals surface area contributed by atoms with Crippen LogP contribution in [0.4, 0.5) is 5.69 Å². The van der Waals surface area contributed by atoms with Crippen LogP contribution in [0.1, 0.15) is 15.9 Å². The van der Waals surface area contributed by atoms with Gasteiger partial charge in [-0.3, -0.25) is 9.78 Å². The molecule has 0 fully saturated rings. The molecule has 0 aliphatic heterocycles. The molecule has 1 amide bonds. The highest BCUT2D eigenvalue weighted by atomic mass is 16.1. The van der Waals surface area contributed by atoms with Crippen molar-refractivity contribution in [1.29, 1.82) is 5.26 Å². The van der Waals surface area contributed by atoms with Gasteiger partial charge in [0.1, 0.15) is 6.07 Å². The maximum absolute atomic E-state index is 11.7. The van der Waals surface area contributed by atoms with Gasteiger partial charge in [-0.25, -0.2) is 0 Å². The summed E-state index contributed by atoms with van der Waals surface area (Å²) in [4.78, 5) is 18.3. The van der Waals surface area contributed by atoms with Gasteiger partial charge in [0.2, 0.25) is 0 Å². The molecule has 78 valence electrons. The zero-order chi connectivity index (χ0) is 11.4. The fourth-order valence-corrected chi connectivity index (χ4v) is 1.23. The third-order valence-corrected chi connectivity index (χ3v) is 1.99. The minimum Gasteiger partial charge on any atom is -0.366 e. The molecule has 0 unspecified atom stereocenters. The average molecular weight is 212 g/mol. The Morgan fingerprint density at radius 1 is 1.50 bits per heavy atom. The number of aromatic nitrogens is 2. The van der Waals surface area contributed by atoms with E-state index in [4.69, 9.17) is 5.26 Å². The Hall–Kier alpha value is -2.61. The second-order valence-corrected chi connectivity index (χ2v) is 3.13. The number of amides is 1. The predicted molar refractivity (Wildman–Crippen MR) is 57.7 cm³/mol. The molecular weight excluding hydrogens is 204 g/mol. The van der Waals surface area contributed by atoms with Crippen molar-refractivity contribution < 1.29 is 4.79 Å². The largest absolute Gasteiger partial charge is 0.366 e. The third-order valence-electron chi connectivity index (χ3n) is 1.99. The van der Waals surface area contributed by atoms with Crippen LogP contribution in [-0.2, 0) is 0 Å².